The van der Waals surface area contributed by atoms with E-state index in [-0.39, 0.29) is 28.1 Å². The molecule has 3 aromatic rings. The lowest BCUT2D eigenvalue weighted by Gasteiger charge is -2.31. The molecule has 0 atom stereocenters. The van der Waals surface area contributed by atoms with Crippen molar-refractivity contribution in [1.82, 2.24) is 4.31 Å². The van der Waals surface area contributed by atoms with Crippen LogP contribution in [0.2, 0.25) is 0 Å². The number of carbonyl (C=O) groups is 1. The van der Waals surface area contributed by atoms with Crippen molar-refractivity contribution in [3.05, 3.63) is 83.7 Å². The van der Waals surface area contributed by atoms with Crippen LogP contribution in [0, 0.1) is 5.82 Å². The Morgan fingerprint density at radius 1 is 1.10 bits per heavy atom. The van der Waals surface area contributed by atoms with Crippen LogP contribution in [0.4, 0.5) is 21.5 Å². The highest BCUT2D eigenvalue weighted by Gasteiger charge is 2.34. The fourth-order valence-electron chi connectivity index (χ4n) is 3.12. The third-order valence-corrected chi connectivity index (χ3v) is 6.97. The summed E-state index contributed by atoms with van der Waals surface area (Å²) in [6.07, 6.45) is 0. The van der Waals surface area contributed by atoms with E-state index in [1.807, 2.05) is 0 Å². The molecule has 3 aromatic carbocycles. The first-order valence-corrected chi connectivity index (χ1v) is 11.0. The highest BCUT2D eigenvalue weighted by molar-refractivity contribution is 7.92. The Hall–Kier alpha value is -3.50. The highest BCUT2D eigenvalue weighted by Crippen LogP contribution is 2.31. The zero-order chi connectivity index (χ0) is 22.2. The van der Waals surface area contributed by atoms with E-state index < -0.39 is 15.8 Å². The number of amides is 1. The summed E-state index contributed by atoms with van der Waals surface area (Å²) < 4.78 is 40.4. The van der Waals surface area contributed by atoms with Gasteiger partial charge in [0.2, 0.25) is 0 Å². The number of sulfonamides is 1. The molecular weight excluding hydrogens is 439 g/mol. The van der Waals surface area contributed by atoms with Gasteiger partial charge < -0.3 is 16.4 Å². The van der Waals surface area contributed by atoms with Crippen molar-refractivity contribution in [1.29, 1.82) is 0 Å². The Morgan fingerprint density at radius 3 is 2.52 bits per heavy atom. The zero-order valence-electron chi connectivity index (χ0n) is 16.0. The van der Waals surface area contributed by atoms with Crippen LogP contribution in [0.1, 0.15) is 15.9 Å². The molecule has 0 aromatic heterocycles. The second-order valence-corrected chi connectivity index (χ2v) is 9.04. The number of thiocarbonyl (C=S) groups is 1. The van der Waals surface area contributed by atoms with Gasteiger partial charge in [0.25, 0.3) is 15.9 Å². The lowest BCUT2D eigenvalue weighted by molar-refractivity contribution is 0.102. The summed E-state index contributed by atoms with van der Waals surface area (Å²) in [5.74, 6) is -0.910. The van der Waals surface area contributed by atoms with Crippen molar-refractivity contribution in [2.24, 2.45) is 0 Å². The molecule has 31 heavy (non-hydrogen) atoms. The first kappa shape index (κ1) is 20.8. The molecule has 0 aliphatic carbocycles. The van der Waals surface area contributed by atoms with Gasteiger partial charge in [-0.05, 0) is 60.2 Å². The standard InChI is InChI=1S/C21H17FN4O3S2/c22-15-9-10-19-18(11-15)25-21(30)26(31(19,28)29)12-13-5-7-14(8-6-13)20(27)24-17-4-2-1-3-16(17)23/h1-11H,12,23H2,(H,24,27)(H,25,30). The predicted molar refractivity (Wildman–Crippen MR) is 121 cm³/mol. The predicted octanol–water partition coefficient (Wildman–Crippen LogP) is 3.56. The molecule has 4 N–H and O–H groups in total. The summed E-state index contributed by atoms with van der Waals surface area (Å²) in [4.78, 5) is 12.4. The van der Waals surface area contributed by atoms with E-state index in [2.05, 4.69) is 10.6 Å². The molecule has 0 fully saturated rings. The van der Waals surface area contributed by atoms with Gasteiger partial charge in [-0.2, -0.15) is 0 Å². The fraction of sp³-hybridized carbons (Fsp3) is 0.0476. The summed E-state index contributed by atoms with van der Waals surface area (Å²) >= 11 is 5.18. The van der Waals surface area contributed by atoms with Crippen molar-refractivity contribution in [2.75, 3.05) is 16.4 Å². The second kappa shape index (κ2) is 7.97. The summed E-state index contributed by atoms with van der Waals surface area (Å²) in [6.45, 7) is -0.0431. The van der Waals surface area contributed by atoms with Crippen LogP contribution in [0.3, 0.4) is 0 Å². The number of para-hydroxylation sites is 2. The number of nitrogen functional groups attached to an aromatic ring is 1. The maximum absolute atomic E-state index is 13.4. The van der Waals surface area contributed by atoms with E-state index in [0.717, 1.165) is 16.4 Å². The van der Waals surface area contributed by atoms with E-state index in [1.165, 1.54) is 6.07 Å². The molecule has 0 unspecified atom stereocenters. The lowest BCUT2D eigenvalue weighted by atomic mass is 10.1. The number of anilines is 3. The largest absolute Gasteiger partial charge is 0.397 e. The summed E-state index contributed by atoms with van der Waals surface area (Å²) in [6, 6.07) is 16.7. The zero-order valence-corrected chi connectivity index (χ0v) is 17.6. The van der Waals surface area contributed by atoms with Crippen molar-refractivity contribution in [2.45, 2.75) is 11.4 Å². The topological polar surface area (TPSA) is 105 Å². The van der Waals surface area contributed by atoms with Gasteiger partial charge in [-0.1, -0.05) is 24.3 Å². The van der Waals surface area contributed by atoms with Gasteiger partial charge in [0.1, 0.15) is 10.7 Å². The van der Waals surface area contributed by atoms with Crippen LogP contribution < -0.4 is 16.4 Å². The molecule has 158 valence electrons. The number of fused-ring (bicyclic) bond motifs is 1. The van der Waals surface area contributed by atoms with E-state index >= 15 is 0 Å². The number of halogens is 1. The molecule has 0 saturated heterocycles. The van der Waals surface area contributed by atoms with Crippen LogP contribution in [0.25, 0.3) is 0 Å². The first-order chi connectivity index (χ1) is 14.8. The Kier molecular flexibility index (Phi) is 5.34. The molecule has 0 bridgehead atoms. The monoisotopic (exact) mass is 456 g/mol. The van der Waals surface area contributed by atoms with E-state index in [0.29, 0.717) is 22.5 Å². The van der Waals surface area contributed by atoms with Crippen LogP contribution in [0.15, 0.2) is 71.6 Å². The van der Waals surface area contributed by atoms with Gasteiger partial charge in [0.05, 0.1) is 23.6 Å². The van der Waals surface area contributed by atoms with E-state index in [9.17, 15) is 17.6 Å². The molecule has 7 nitrogen and oxygen atoms in total. The minimum Gasteiger partial charge on any atom is -0.397 e. The number of hydrogen-bond donors (Lipinski definition) is 3. The lowest BCUT2D eigenvalue weighted by Crippen LogP contribution is -2.43. The Balaban J connectivity index is 1.52. The number of nitrogens with one attached hydrogen (secondary N) is 2. The normalized spacial score (nSPS) is 14.5. The molecular formula is C21H17FN4O3S2. The number of benzene rings is 3. The van der Waals surface area contributed by atoms with Gasteiger partial charge in [-0.25, -0.2) is 17.1 Å². The molecule has 0 spiro atoms. The SMILES string of the molecule is Nc1ccccc1NC(=O)c1ccc(CN2C(=S)Nc3cc(F)ccc3S2(=O)=O)cc1. The summed E-state index contributed by atoms with van der Waals surface area (Å²) in [5.41, 5.74) is 7.90. The van der Waals surface area contributed by atoms with Crippen molar-refractivity contribution >= 4 is 50.3 Å². The molecule has 1 heterocycles. The molecule has 0 radical (unpaired) electrons. The van der Waals surface area contributed by atoms with Crippen molar-refractivity contribution in [3.8, 4) is 0 Å². The molecule has 1 amide bonds. The highest BCUT2D eigenvalue weighted by atomic mass is 32.2. The van der Waals surface area contributed by atoms with Crippen LogP contribution in [-0.2, 0) is 16.6 Å². The van der Waals surface area contributed by atoms with Gasteiger partial charge in [-0.15, -0.1) is 0 Å². The number of carbonyl (C=O) groups excluding carboxylic acids is 1. The first-order valence-electron chi connectivity index (χ1n) is 9.14. The Labute approximate surface area is 183 Å². The molecule has 0 saturated carbocycles. The van der Waals surface area contributed by atoms with Gasteiger partial charge >= 0.3 is 0 Å². The molecule has 4 rings (SSSR count). The maximum atomic E-state index is 13.4. The number of nitrogens with two attached hydrogens (primary N) is 1. The smallest absolute Gasteiger partial charge is 0.268 e. The summed E-state index contributed by atoms with van der Waals surface area (Å²) in [5, 5.41) is 5.43. The summed E-state index contributed by atoms with van der Waals surface area (Å²) in [7, 11) is -3.95. The average Bonchev–Trinajstić information content (AvgIpc) is 2.73. The van der Waals surface area contributed by atoms with Crippen molar-refractivity contribution in [3.63, 3.8) is 0 Å². The van der Waals surface area contributed by atoms with Crippen LogP contribution in [-0.4, -0.2) is 23.7 Å². The minimum atomic E-state index is -3.95. The Bertz CT molecular complexity index is 1290. The number of nitrogens with zero attached hydrogens (tertiary/aromatic N) is 1. The average molecular weight is 457 g/mol. The van der Waals surface area contributed by atoms with Gasteiger partial charge in [0.15, 0.2) is 5.11 Å². The minimum absolute atomic E-state index is 0.0431. The Morgan fingerprint density at radius 2 is 1.81 bits per heavy atom. The maximum Gasteiger partial charge on any atom is 0.268 e. The third kappa shape index (κ3) is 4.07. The number of hydrogen-bond acceptors (Lipinski definition) is 5. The van der Waals surface area contributed by atoms with E-state index in [1.54, 1.807) is 48.5 Å². The van der Waals surface area contributed by atoms with Gasteiger partial charge in [0, 0.05) is 5.56 Å². The molecule has 1 aliphatic heterocycles. The second-order valence-electron chi connectivity index (χ2n) is 6.82. The van der Waals surface area contributed by atoms with Gasteiger partial charge in [-0.3, -0.25) is 4.79 Å². The van der Waals surface area contributed by atoms with Crippen LogP contribution in [0.5, 0.6) is 0 Å². The number of rotatable bonds is 4. The fourth-order valence-corrected chi connectivity index (χ4v) is 5.04. The molecule has 1 aliphatic rings. The quantitative estimate of drug-likeness (QED) is 0.410. The van der Waals surface area contributed by atoms with E-state index in [4.69, 9.17) is 18.0 Å². The van der Waals surface area contributed by atoms with Crippen molar-refractivity contribution < 1.29 is 17.6 Å². The third-order valence-electron chi connectivity index (χ3n) is 4.73. The molecule has 10 heteroatoms. The van der Waals surface area contributed by atoms with Crippen LogP contribution >= 0.6 is 12.2 Å².